The Kier molecular flexibility index (Phi) is 0.939. The first-order valence-corrected chi connectivity index (χ1v) is 3.88. The van der Waals surface area contributed by atoms with Gasteiger partial charge in [0.05, 0.1) is 5.71 Å². The van der Waals surface area contributed by atoms with Crippen molar-refractivity contribution in [1.82, 2.24) is 4.98 Å². The Hall–Kier alpha value is -1.70. The molecule has 2 aliphatic rings. The van der Waals surface area contributed by atoms with E-state index in [-0.39, 0.29) is 0 Å². The Morgan fingerprint density at radius 2 is 2.25 bits per heavy atom. The third kappa shape index (κ3) is 0.593. The summed E-state index contributed by atoms with van der Waals surface area (Å²) >= 11 is 0. The van der Waals surface area contributed by atoms with Gasteiger partial charge in [0.25, 0.3) is 0 Å². The molecular formula is C10H6N2. The molecule has 12 heavy (non-hydrogen) atoms. The van der Waals surface area contributed by atoms with E-state index in [0.29, 0.717) is 0 Å². The maximum Gasteiger partial charge on any atom is 0.160 e. The summed E-state index contributed by atoms with van der Waals surface area (Å²) < 4.78 is 0. The molecule has 0 unspecified atom stereocenters. The molecule has 1 aromatic rings. The van der Waals surface area contributed by atoms with Crippen molar-refractivity contribution >= 4 is 17.1 Å². The second kappa shape index (κ2) is 1.91. The third-order valence-corrected chi connectivity index (χ3v) is 2.10. The standard InChI is InChI=1S/C10H6N2/c1-3-7-8-4-2-6-11-10(8)12-9(7)5-1/h1-6H. The third-order valence-electron chi connectivity index (χ3n) is 2.10. The molecular weight excluding hydrogens is 148 g/mol. The average molecular weight is 154 g/mol. The monoisotopic (exact) mass is 154 g/mol. The summed E-state index contributed by atoms with van der Waals surface area (Å²) in [6.45, 7) is 0. The highest BCUT2D eigenvalue weighted by Gasteiger charge is 2.20. The second-order valence-corrected chi connectivity index (χ2v) is 2.81. The van der Waals surface area contributed by atoms with Crippen LogP contribution in [0.4, 0.5) is 5.82 Å². The molecule has 56 valence electrons. The molecule has 1 aromatic heterocycles. The van der Waals surface area contributed by atoms with E-state index in [9.17, 15) is 0 Å². The van der Waals surface area contributed by atoms with Gasteiger partial charge >= 0.3 is 0 Å². The molecule has 0 atom stereocenters. The fraction of sp³-hybridized carbons (Fsp3) is 0. The first-order chi connectivity index (χ1) is 5.95. The van der Waals surface area contributed by atoms with Gasteiger partial charge in [0.1, 0.15) is 0 Å². The van der Waals surface area contributed by atoms with Crippen LogP contribution >= 0.6 is 0 Å². The Balaban J connectivity index is 2.33. The van der Waals surface area contributed by atoms with Gasteiger partial charge in [0.15, 0.2) is 5.82 Å². The second-order valence-electron chi connectivity index (χ2n) is 2.81. The van der Waals surface area contributed by atoms with Gasteiger partial charge < -0.3 is 0 Å². The largest absolute Gasteiger partial charge is 0.237 e. The van der Waals surface area contributed by atoms with Crippen molar-refractivity contribution in [3.63, 3.8) is 0 Å². The Bertz CT molecular complexity index is 439. The van der Waals surface area contributed by atoms with E-state index >= 15 is 0 Å². The average Bonchev–Trinajstić information content (AvgIpc) is 2.62. The molecule has 0 fully saturated rings. The minimum Gasteiger partial charge on any atom is -0.237 e. The van der Waals surface area contributed by atoms with E-state index in [1.54, 1.807) is 6.20 Å². The lowest BCUT2D eigenvalue weighted by molar-refractivity contribution is 1.28. The van der Waals surface area contributed by atoms with Crippen molar-refractivity contribution in [3.8, 4) is 0 Å². The van der Waals surface area contributed by atoms with Crippen LogP contribution < -0.4 is 0 Å². The summed E-state index contributed by atoms with van der Waals surface area (Å²) in [5.41, 5.74) is 3.40. The molecule has 2 heterocycles. The summed E-state index contributed by atoms with van der Waals surface area (Å²) in [6.07, 6.45) is 7.88. The number of pyridine rings is 1. The highest BCUT2D eigenvalue weighted by molar-refractivity contribution is 6.35. The molecule has 0 aromatic carbocycles. The Morgan fingerprint density at radius 1 is 1.25 bits per heavy atom. The quantitative estimate of drug-likeness (QED) is 0.561. The Labute approximate surface area is 70.0 Å². The van der Waals surface area contributed by atoms with Crippen LogP contribution in [0.2, 0.25) is 0 Å². The predicted octanol–water partition coefficient (Wildman–Crippen LogP) is 2.12. The van der Waals surface area contributed by atoms with Crippen molar-refractivity contribution in [2.24, 2.45) is 4.99 Å². The van der Waals surface area contributed by atoms with Crippen LogP contribution in [0.5, 0.6) is 0 Å². The number of aliphatic imine (C=N–C) groups is 1. The number of nitrogens with zero attached hydrogens (tertiary/aromatic N) is 2. The van der Waals surface area contributed by atoms with Gasteiger partial charge in [-0.1, -0.05) is 12.2 Å². The molecule has 0 saturated heterocycles. The molecule has 0 bridgehead atoms. The van der Waals surface area contributed by atoms with Gasteiger partial charge in [-0.05, 0) is 18.2 Å². The maximum atomic E-state index is 4.36. The van der Waals surface area contributed by atoms with Crippen LogP contribution in [0.15, 0.2) is 41.6 Å². The SMILES string of the molecule is C1=CC2=Nc3ncccc3C2=C1. The number of fused-ring (bicyclic) bond motifs is 3. The van der Waals surface area contributed by atoms with Crippen molar-refractivity contribution < 1.29 is 0 Å². The molecule has 1 aliphatic heterocycles. The molecule has 0 N–H and O–H groups in total. The Morgan fingerprint density at radius 3 is 3.25 bits per heavy atom. The van der Waals surface area contributed by atoms with Crippen LogP contribution in [0.3, 0.4) is 0 Å². The van der Waals surface area contributed by atoms with E-state index in [1.807, 2.05) is 18.2 Å². The van der Waals surface area contributed by atoms with Crippen molar-refractivity contribution in [2.45, 2.75) is 0 Å². The van der Waals surface area contributed by atoms with Gasteiger partial charge in [0, 0.05) is 17.3 Å². The number of rotatable bonds is 0. The minimum absolute atomic E-state index is 0.850. The van der Waals surface area contributed by atoms with Gasteiger partial charge in [-0.3, -0.25) is 0 Å². The van der Waals surface area contributed by atoms with Crippen LogP contribution in [-0.4, -0.2) is 10.7 Å². The highest BCUT2D eigenvalue weighted by Crippen LogP contribution is 2.34. The predicted molar refractivity (Wildman–Crippen MR) is 48.4 cm³/mol. The van der Waals surface area contributed by atoms with Crippen LogP contribution in [0.25, 0.3) is 5.57 Å². The summed E-state index contributed by atoms with van der Waals surface area (Å²) in [5, 5.41) is 0. The van der Waals surface area contributed by atoms with Crippen molar-refractivity contribution in [1.29, 1.82) is 0 Å². The summed E-state index contributed by atoms with van der Waals surface area (Å²) in [4.78, 5) is 8.54. The molecule has 2 nitrogen and oxygen atoms in total. The molecule has 0 saturated carbocycles. The number of hydrogen-bond donors (Lipinski definition) is 0. The maximum absolute atomic E-state index is 4.36. The topological polar surface area (TPSA) is 25.2 Å². The van der Waals surface area contributed by atoms with Crippen molar-refractivity contribution in [2.75, 3.05) is 0 Å². The van der Waals surface area contributed by atoms with Gasteiger partial charge in [-0.25, -0.2) is 9.98 Å². The summed E-state index contributed by atoms with van der Waals surface area (Å²) in [5.74, 6) is 0.850. The molecule has 1 aliphatic carbocycles. The number of aromatic nitrogens is 1. The van der Waals surface area contributed by atoms with E-state index in [1.165, 1.54) is 5.57 Å². The highest BCUT2D eigenvalue weighted by atomic mass is 14.9. The fourth-order valence-corrected chi connectivity index (χ4v) is 1.55. The smallest absolute Gasteiger partial charge is 0.160 e. The van der Waals surface area contributed by atoms with E-state index in [0.717, 1.165) is 17.1 Å². The fourth-order valence-electron chi connectivity index (χ4n) is 1.55. The molecule has 0 radical (unpaired) electrons. The van der Waals surface area contributed by atoms with Crippen molar-refractivity contribution in [3.05, 3.63) is 42.1 Å². The van der Waals surface area contributed by atoms with Gasteiger partial charge in [-0.2, -0.15) is 0 Å². The van der Waals surface area contributed by atoms with E-state index < -0.39 is 0 Å². The number of hydrogen-bond acceptors (Lipinski definition) is 2. The van der Waals surface area contributed by atoms with Crippen LogP contribution in [-0.2, 0) is 0 Å². The van der Waals surface area contributed by atoms with Crippen LogP contribution in [0.1, 0.15) is 5.56 Å². The molecule has 3 rings (SSSR count). The summed E-state index contributed by atoms with van der Waals surface area (Å²) in [7, 11) is 0. The lowest BCUT2D eigenvalue weighted by Crippen LogP contribution is -1.85. The molecule has 0 spiro atoms. The number of allylic oxidation sites excluding steroid dienone is 4. The van der Waals surface area contributed by atoms with Gasteiger partial charge in [0.2, 0.25) is 0 Å². The first-order valence-electron chi connectivity index (χ1n) is 3.88. The zero-order valence-electron chi connectivity index (χ0n) is 6.36. The lowest BCUT2D eigenvalue weighted by Gasteiger charge is -1.94. The molecule has 0 amide bonds. The first kappa shape index (κ1) is 5.89. The lowest BCUT2D eigenvalue weighted by atomic mass is 10.1. The molecule has 2 heteroatoms. The summed E-state index contributed by atoms with van der Waals surface area (Å²) in [6, 6.07) is 3.99. The zero-order valence-corrected chi connectivity index (χ0v) is 6.36. The van der Waals surface area contributed by atoms with E-state index in [4.69, 9.17) is 0 Å². The van der Waals surface area contributed by atoms with E-state index in [2.05, 4.69) is 22.1 Å². The van der Waals surface area contributed by atoms with Gasteiger partial charge in [-0.15, -0.1) is 0 Å². The zero-order chi connectivity index (χ0) is 7.97. The minimum atomic E-state index is 0.850. The van der Waals surface area contributed by atoms with Crippen LogP contribution in [0, 0.1) is 0 Å². The normalized spacial score (nSPS) is 17.0.